The first-order valence-electron chi connectivity index (χ1n) is 6.55. The molecule has 2 rings (SSSR count). The third-order valence-corrected chi connectivity index (χ3v) is 3.66. The smallest absolute Gasteiger partial charge is 0.0837 e. The van der Waals surface area contributed by atoms with Crippen molar-refractivity contribution < 1.29 is 0 Å². The maximum atomic E-state index is 9.16. The van der Waals surface area contributed by atoms with Gasteiger partial charge in [-0.05, 0) is 24.4 Å². The van der Waals surface area contributed by atoms with Crippen molar-refractivity contribution in [3.05, 3.63) is 35.9 Å². The molecule has 0 bridgehead atoms. The second-order valence-electron chi connectivity index (χ2n) is 4.88. The second kappa shape index (κ2) is 6.42. The van der Waals surface area contributed by atoms with Crippen molar-refractivity contribution in [1.82, 2.24) is 5.32 Å². The molecule has 1 aliphatic rings. The van der Waals surface area contributed by atoms with Gasteiger partial charge in [0.2, 0.25) is 0 Å². The molecular formula is C15H20N2. The van der Waals surface area contributed by atoms with Gasteiger partial charge in [0.1, 0.15) is 0 Å². The number of nitriles is 1. The van der Waals surface area contributed by atoms with Crippen LogP contribution in [0.5, 0.6) is 0 Å². The molecule has 1 aromatic carbocycles. The number of nitrogens with one attached hydrogen (secondary N) is 1. The largest absolute Gasteiger partial charge is 0.315 e. The molecule has 0 aromatic heterocycles. The topological polar surface area (TPSA) is 35.8 Å². The van der Waals surface area contributed by atoms with E-state index in [2.05, 4.69) is 11.4 Å². The maximum Gasteiger partial charge on any atom is 0.0837 e. The monoisotopic (exact) mass is 228 g/mol. The zero-order valence-corrected chi connectivity index (χ0v) is 10.2. The minimum atomic E-state index is -0.0161. The van der Waals surface area contributed by atoms with Gasteiger partial charge >= 0.3 is 0 Å². The van der Waals surface area contributed by atoms with Crippen molar-refractivity contribution in [2.24, 2.45) is 5.92 Å². The molecule has 0 amide bonds. The SMILES string of the molecule is N#CC(CNCCC1CCC1)c1ccccc1. The van der Waals surface area contributed by atoms with Crippen LogP contribution in [0.4, 0.5) is 0 Å². The van der Waals surface area contributed by atoms with Crippen molar-refractivity contribution in [1.29, 1.82) is 5.26 Å². The molecule has 1 saturated carbocycles. The van der Waals surface area contributed by atoms with E-state index >= 15 is 0 Å². The van der Waals surface area contributed by atoms with E-state index in [9.17, 15) is 0 Å². The van der Waals surface area contributed by atoms with E-state index in [-0.39, 0.29) is 5.92 Å². The number of rotatable bonds is 6. The first-order valence-corrected chi connectivity index (χ1v) is 6.55. The first-order chi connectivity index (χ1) is 8.40. The van der Waals surface area contributed by atoms with Crippen LogP contribution in [0.25, 0.3) is 0 Å². The van der Waals surface area contributed by atoms with Crippen molar-refractivity contribution in [2.75, 3.05) is 13.1 Å². The Morgan fingerprint density at radius 2 is 2.06 bits per heavy atom. The summed E-state index contributed by atoms with van der Waals surface area (Å²) >= 11 is 0. The Balaban J connectivity index is 1.70. The zero-order valence-electron chi connectivity index (χ0n) is 10.2. The molecule has 2 nitrogen and oxygen atoms in total. The molecule has 1 aliphatic carbocycles. The summed E-state index contributed by atoms with van der Waals surface area (Å²) in [6.45, 7) is 1.82. The highest BCUT2D eigenvalue weighted by Gasteiger charge is 2.16. The summed E-state index contributed by atoms with van der Waals surface area (Å²) in [5, 5.41) is 12.6. The normalized spacial score (nSPS) is 17.1. The van der Waals surface area contributed by atoms with Crippen LogP contribution in [0, 0.1) is 17.2 Å². The molecule has 1 N–H and O–H groups in total. The summed E-state index contributed by atoms with van der Waals surface area (Å²) in [6.07, 6.45) is 5.49. The Bertz CT molecular complexity index is 362. The van der Waals surface area contributed by atoms with E-state index in [0.717, 1.165) is 24.6 Å². The zero-order chi connectivity index (χ0) is 11.9. The fourth-order valence-electron chi connectivity index (χ4n) is 2.26. The molecule has 0 radical (unpaired) electrons. The van der Waals surface area contributed by atoms with Crippen molar-refractivity contribution in [3.63, 3.8) is 0 Å². The number of hydrogen-bond donors (Lipinski definition) is 1. The van der Waals surface area contributed by atoms with Crippen LogP contribution < -0.4 is 5.32 Å². The fourth-order valence-corrected chi connectivity index (χ4v) is 2.26. The fraction of sp³-hybridized carbons (Fsp3) is 0.533. The standard InChI is InChI=1S/C15H20N2/c16-11-15(14-7-2-1-3-8-14)12-17-10-9-13-5-4-6-13/h1-3,7-8,13,15,17H,4-6,9-10,12H2. The van der Waals surface area contributed by atoms with E-state index in [0.29, 0.717) is 0 Å². The molecule has 2 heteroatoms. The third kappa shape index (κ3) is 3.57. The van der Waals surface area contributed by atoms with Gasteiger partial charge in [-0.15, -0.1) is 0 Å². The molecule has 0 saturated heterocycles. The Morgan fingerprint density at radius 1 is 1.29 bits per heavy atom. The van der Waals surface area contributed by atoms with Gasteiger partial charge in [0.05, 0.1) is 12.0 Å². The van der Waals surface area contributed by atoms with Crippen molar-refractivity contribution >= 4 is 0 Å². The molecule has 0 heterocycles. The minimum absolute atomic E-state index is 0.0161. The molecule has 1 fully saturated rings. The highest BCUT2D eigenvalue weighted by molar-refractivity contribution is 5.24. The van der Waals surface area contributed by atoms with Gasteiger partial charge in [-0.3, -0.25) is 0 Å². The van der Waals surface area contributed by atoms with Crippen LogP contribution in [0.1, 0.15) is 37.2 Å². The third-order valence-electron chi connectivity index (χ3n) is 3.66. The van der Waals surface area contributed by atoms with E-state index in [1.54, 1.807) is 0 Å². The summed E-state index contributed by atoms with van der Waals surface area (Å²) in [4.78, 5) is 0. The molecule has 0 aliphatic heterocycles. The van der Waals surface area contributed by atoms with Crippen molar-refractivity contribution in [3.8, 4) is 6.07 Å². The predicted molar refractivity (Wildman–Crippen MR) is 69.6 cm³/mol. The molecule has 90 valence electrons. The maximum absolute atomic E-state index is 9.16. The molecular weight excluding hydrogens is 208 g/mol. The van der Waals surface area contributed by atoms with Crippen LogP contribution in [-0.4, -0.2) is 13.1 Å². The quantitative estimate of drug-likeness (QED) is 0.759. The molecule has 1 unspecified atom stereocenters. The van der Waals surface area contributed by atoms with E-state index in [4.69, 9.17) is 5.26 Å². The lowest BCUT2D eigenvalue weighted by atomic mass is 9.83. The first kappa shape index (κ1) is 12.1. The molecule has 0 spiro atoms. The Hall–Kier alpha value is -1.33. The lowest BCUT2D eigenvalue weighted by Gasteiger charge is -2.25. The van der Waals surface area contributed by atoms with Crippen molar-refractivity contribution in [2.45, 2.75) is 31.6 Å². The number of nitrogens with zero attached hydrogens (tertiary/aromatic N) is 1. The van der Waals surface area contributed by atoms with Gasteiger partial charge in [-0.2, -0.15) is 5.26 Å². The van der Waals surface area contributed by atoms with Crippen LogP contribution in [-0.2, 0) is 0 Å². The summed E-state index contributed by atoms with van der Waals surface area (Å²) < 4.78 is 0. The van der Waals surface area contributed by atoms with E-state index in [1.807, 2.05) is 30.3 Å². The summed E-state index contributed by atoms with van der Waals surface area (Å²) in [5.74, 6) is 0.928. The molecule has 1 aromatic rings. The highest BCUT2D eigenvalue weighted by Crippen LogP contribution is 2.28. The Labute approximate surface area is 104 Å². The average molecular weight is 228 g/mol. The van der Waals surface area contributed by atoms with Gasteiger partial charge in [-0.25, -0.2) is 0 Å². The number of hydrogen-bond acceptors (Lipinski definition) is 2. The second-order valence-corrected chi connectivity index (χ2v) is 4.88. The van der Waals surface area contributed by atoms with Gasteiger partial charge in [0, 0.05) is 6.54 Å². The van der Waals surface area contributed by atoms with Crippen LogP contribution in [0.3, 0.4) is 0 Å². The van der Waals surface area contributed by atoms with Gasteiger partial charge in [0.15, 0.2) is 0 Å². The van der Waals surface area contributed by atoms with E-state index in [1.165, 1.54) is 25.7 Å². The summed E-state index contributed by atoms with van der Waals surface area (Å²) in [7, 11) is 0. The van der Waals surface area contributed by atoms with E-state index < -0.39 is 0 Å². The van der Waals surface area contributed by atoms with Gasteiger partial charge < -0.3 is 5.32 Å². The average Bonchev–Trinajstić information content (AvgIpc) is 2.33. The number of benzene rings is 1. The predicted octanol–water partition coefficient (Wildman–Crippen LogP) is 3.07. The highest BCUT2D eigenvalue weighted by atomic mass is 14.9. The Kier molecular flexibility index (Phi) is 4.58. The Morgan fingerprint density at radius 3 is 2.65 bits per heavy atom. The molecule has 17 heavy (non-hydrogen) atoms. The summed E-state index contributed by atoms with van der Waals surface area (Å²) in [5.41, 5.74) is 1.12. The van der Waals surface area contributed by atoms with Crippen LogP contribution >= 0.6 is 0 Å². The van der Waals surface area contributed by atoms with Crippen LogP contribution in [0.15, 0.2) is 30.3 Å². The van der Waals surface area contributed by atoms with Gasteiger partial charge in [0.25, 0.3) is 0 Å². The lowest BCUT2D eigenvalue weighted by molar-refractivity contribution is 0.292. The van der Waals surface area contributed by atoms with Gasteiger partial charge in [-0.1, -0.05) is 49.6 Å². The minimum Gasteiger partial charge on any atom is -0.315 e. The lowest BCUT2D eigenvalue weighted by Crippen LogP contribution is -2.25. The summed E-state index contributed by atoms with van der Waals surface area (Å²) in [6, 6.07) is 12.4. The van der Waals surface area contributed by atoms with Crippen LogP contribution in [0.2, 0.25) is 0 Å². The molecule has 1 atom stereocenters.